The smallest absolute Gasteiger partial charge is 0.118 e. The van der Waals surface area contributed by atoms with Gasteiger partial charge in [0.15, 0.2) is 0 Å². The Morgan fingerprint density at radius 3 is 2.00 bits per heavy atom. The molecule has 2 atom stereocenters. The average Bonchev–Trinajstić information content (AvgIpc) is 3.17. The molecule has 0 saturated heterocycles. The van der Waals surface area contributed by atoms with Crippen LogP contribution in [0.5, 0.6) is 11.5 Å². The number of benzene rings is 4. The average molecular weight is 392 g/mol. The lowest BCUT2D eigenvalue weighted by molar-refractivity contribution is 0.414. The van der Waals surface area contributed by atoms with Crippen LogP contribution in [-0.4, -0.2) is 12.2 Å². The zero-order valence-corrected chi connectivity index (χ0v) is 17.0. The van der Waals surface area contributed by atoms with Gasteiger partial charge in [0.2, 0.25) is 0 Å². The molecule has 0 aromatic heterocycles. The van der Waals surface area contributed by atoms with E-state index in [4.69, 9.17) is 4.74 Å². The summed E-state index contributed by atoms with van der Waals surface area (Å²) in [5.41, 5.74) is 6.16. The van der Waals surface area contributed by atoms with Crippen LogP contribution in [0.1, 0.15) is 40.2 Å². The van der Waals surface area contributed by atoms with E-state index >= 15 is 0 Å². The molecule has 2 nitrogen and oxygen atoms in total. The van der Waals surface area contributed by atoms with Gasteiger partial charge in [-0.2, -0.15) is 0 Å². The molecule has 30 heavy (non-hydrogen) atoms. The monoisotopic (exact) mass is 392 g/mol. The summed E-state index contributed by atoms with van der Waals surface area (Å²) in [6.07, 6.45) is 0.938. The van der Waals surface area contributed by atoms with Crippen LogP contribution in [0, 0.1) is 0 Å². The second-order valence-electron chi connectivity index (χ2n) is 7.94. The molecule has 1 aliphatic rings. The highest BCUT2D eigenvalue weighted by molar-refractivity contribution is 5.60. The van der Waals surface area contributed by atoms with Crippen LogP contribution >= 0.6 is 0 Å². The Morgan fingerprint density at radius 2 is 1.33 bits per heavy atom. The minimum Gasteiger partial charge on any atom is -0.508 e. The first-order valence-electron chi connectivity index (χ1n) is 10.3. The Labute approximate surface area is 177 Å². The molecule has 0 fully saturated rings. The van der Waals surface area contributed by atoms with Crippen molar-refractivity contribution in [3.63, 3.8) is 0 Å². The third-order valence-electron chi connectivity index (χ3n) is 6.45. The Balaban J connectivity index is 1.77. The van der Waals surface area contributed by atoms with Crippen LogP contribution in [0.25, 0.3) is 0 Å². The summed E-state index contributed by atoms with van der Waals surface area (Å²) in [4.78, 5) is 0. The van der Waals surface area contributed by atoms with Gasteiger partial charge in [0.05, 0.1) is 7.11 Å². The molecule has 0 bridgehead atoms. The molecule has 0 heterocycles. The highest BCUT2D eigenvalue weighted by Gasteiger charge is 2.46. The number of phenols is 1. The summed E-state index contributed by atoms with van der Waals surface area (Å²) in [6.45, 7) is 0. The lowest BCUT2D eigenvalue weighted by Crippen LogP contribution is -2.26. The highest BCUT2D eigenvalue weighted by Crippen LogP contribution is 2.55. The van der Waals surface area contributed by atoms with Crippen LogP contribution in [-0.2, 0) is 5.41 Å². The van der Waals surface area contributed by atoms with Gasteiger partial charge in [0, 0.05) is 11.3 Å². The first kappa shape index (κ1) is 18.5. The molecule has 0 amide bonds. The van der Waals surface area contributed by atoms with Gasteiger partial charge in [-0.05, 0) is 58.5 Å². The van der Waals surface area contributed by atoms with Gasteiger partial charge in [-0.15, -0.1) is 0 Å². The molecule has 0 radical (unpaired) electrons. The molecule has 0 spiro atoms. The number of fused-ring (bicyclic) bond motifs is 1. The van der Waals surface area contributed by atoms with Gasteiger partial charge < -0.3 is 9.84 Å². The van der Waals surface area contributed by atoms with E-state index in [0.29, 0.717) is 5.92 Å². The van der Waals surface area contributed by atoms with Crippen molar-refractivity contribution in [1.82, 2.24) is 0 Å². The first-order valence-corrected chi connectivity index (χ1v) is 10.3. The summed E-state index contributed by atoms with van der Waals surface area (Å²) in [7, 11) is 1.70. The highest BCUT2D eigenvalue weighted by atomic mass is 16.5. The third-order valence-corrected chi connectivity index (χ3v) is 6.45. The molecule has 5 rings (SSSR count). The van der Waals surface area contributed by atoms with Crippen molar-refractivity contribution in [2.24, 2.45) is 0 Å². The van der Waals surface area contributed by atoms with Crippen molar-refractivity contribution < 1.29 is 9.84 Å². The summed E-state index contributed by atoms with van der Waals surface area (Å²) < 4.78 is 5.41. The van der Waals surface area contributed by atoms with E-state index in [1.54, 1.807) is 19.2 Å². The predicted octanol–water partition coefficient (Wildman–Crippen LogP) is 6.27. The topological polar surface area (TPSA) is 29.5 Å². The molecule has 0 aliphatic heterocycles. The number of phenolic OH excluding ortho intramolecular Hbond substituents is 1. The van der Waals surface area contributed by atoms with Crippen molar-refractivity contribution in [3.8, 4) is 11.5 Å². The largest absolute Gasteiger partial charge is 0.508 e. The number of aromatic hydroxyl groups is 1. The van der Waals surface area contributed by atoms with Crippen molar-refractivity contribution in [1.29, 1.82) is 0 Å². The fourth-order valence-electron chi connectivity index (χ4n) is 5.03. The molecule has 0 saturated carbocycles. The molecular weight excluding hydrogens is 368 g/mol. The van der Waals surface area contributed by atoms with E-state index in [-0.39, 0.29) is 11.2 Å². The molecule has 2 unspecified atom stereocenters. The van der Waals surface area contributed by atoms with Gasteiger partial charge in [-0.1, -0.05) is 78.9 Å². The summed E-state index contributed by atoms with van der Waals surface area (Å²) >= 11 is 0. The lowest BCUT2D eigenvalue weighted by Gasteiger charge is -2.33. The fourth-order valence-corrected chi connectivity index (χ4v) is 5.03. The van der Waals surface area contributed by atoms with Crippen molar-refractivity contribution >= 4 is 0 Å². The van der Waals surface area contributed by atoms with Gasteiger partial charge >= 0.3 is 0 Å². The first-order chi connectivity index (χ1) is 14.7. The number of methoxy groups -OCH3 is 1. The van der Waals surface area contributed by atoms with Crippen molar-refractivity contribution in [2.75, 3.05) is 7.11 Å². The maximum atomic E-state index is 9.93. The summed E-state index contributed by atoms with van der Waals surface area (Å²) in [6, 6.07) is 35.7. The summed E-state index contributed by atoms with van der Waals surface area (Å²) in [5, 5.41) is 9.93. The fraction of sp³-hybridized carbons (Fsp3) is 0.143. The van der Waals surface area contributed by atoms with Gasteiger partial charge in [0.25, 0.3) is 0 Å². The van der Waals surface area contributed by atoms with Crippen molar-refractivity contribution in [2.45, 2.75) is 17.8 Å². The van der Waals surface area contributed by atoms with Crippen LogP contribution in [0.15, 0.2) is 103 Å². The van der Waals surface area contributed by atoms with Crippen molar-refractivity contribution in [3.05, 3.63) is 131 Å². The molecule has 1 aliphatic carbocycles. The predicted molar refractivity (Wildman–Crippen MR) is 120 cm³/mol. The minimum atomic E-state index is -0.295. The van der Waals surface area contributed by atoms with Gasteiger partial charge in [0.1, 0.15) is 11.5 Å². The summed E-state index contributed by atoms with van der Waals surface area (Å²) in [5.74, 6) is 1.44. The number of hydrogen-bond acceptors (Lipinski definition) is 2. The standard InChI is InChI=1S/C28H24O2/c1-30-24-17-13-22(14-18-24)28(21-11-15-23(29)16-12-21)19-26(20-7-3-2-4-8-20)25-9-5-6-10-27(25)28/h2-18,26,29H,19H2,1H3. The maximum absolute atomic E-state index is 9.93. The number of hydrogen-bond donors (Lipinski definition) is 1. The minimum absolute atomic E-state index is 0.287. The second kappa shape index (κ2) is 7.38. The number of rotatable bonds is 4. The zero-order chi connectivity index (χ0) is 20.6. The van der Waals surface area contributed by atoms with E-state index in [1.165, 1.54) is 27.8 Å². The molecular formula is C28H24O2. The van der Waals surface area contributed by atoms with Crippen LogP contribution in [0.4, 0.5) is 0 Å². The number of ether oxygens (including phenoxy) is 1. The van der Waals surface area contributed by atoms with Gasteiger partial charge in [-0.25, -0.2) is 0 Å². The lowest BCUT2D eigenvalue weighted by atomic mass is 9.69. The van der Waals surface area contributed by atoms with Crippen LogP contribution in [0.2, 0.25) is 0 Å². The Kier molecular flexibility index (Phi) is 4.55. The SMILES string of the molecule is COc1ccc(C2(c3ccc(O)cc3)CC(c3ccccc3)c3ccccc32)cc1. The van der Waals surface area contributed by atoms with Crippen LogP contribution < -0.4 is 4.74 Å². The molecule has 4 aromatic rings. The molecule has 4 aromatic carbocycles. The Morgan fingerprint density at radius 1 is 0.733 bits per heavy atom. The quantitative estimate of drug-likeness (QED) is 0.443. The Bertz CT molecular complexity index is 1150. The normalized spacial score (nSPS) is 20.0. The van der Waals surface area contributed by atoms with E-state index in [9.17, 15) is 5.11 Å². The van der Waals surface area contributed by atoms with E-state index in [2.05, 4.69) is 78.9 Å². The third kappa shape index (κ3) is 2.88. The molecule has 148 valence electrons. The molecule has 1 N–H and O–H groups in total. The van der Waals surface area contributed by atoms with E-state index in [0.717, 1.165) is 12.2 Å². The van der Waals surface area contributed by atoms with E-state index in [1.807, 2.05) is 12.1 Å². The maximum Gasteiger partial charge on any atom is 0.118 e. The van der Waals surface area contributed by atoms with Crippen LogP contribution in [0.3, 0.4) is 0 Å². The second-order valence-corrected chi connectivity index (χ2v) is 7.94. The Hall–Kier alpha value is -3.52. The molecule has 2 heteroatoms. The zero-order valence-electron chi connectivity index (χ0n) is 17.0. The van der Waals surface area contributed by atoms with Gasteiger partial charge in [-0.3, -0.25) is 0 Å². The van der Waals surface area contributed by atoms with E-state index < -0.39 is 0 Å².